The van der Waals surface area contributed by atoms with Gasteiger partial charge in [-0.2, -0.15) is 0 Å². The first-order chi connectivity index (χ1) is 9.75. The SMILES string of the molecule is Clc1cc(-c2ccccc2)c(Br)c(-c2ccccc2)c1. The second-order valence-electron chi connectivity index (χ2n) is 4.55. The van der Waals surface area contributed by atoms with Crippen LogP contribution in [0.3, 0.4) is 0 Å². The quantitative estimate of drug-likeness (QED) is 0.502. The van der Waals surface area contributed by atoms with E-state index < -0.39 is 0 Å². The van der Waals surface area contributed by atoms with Gasteiger partial charge in [0.15, 0.2) is 0 Å². The maximum atomic E-state index is 6.30. The molecule has 20 heavy (non-hydrogen) atoms. The number of rotatable bonds is 2. The van der Waals surface area contributed by atoms with E-state index in [1.165, 1.54) is 0 Å². The standard InChI is InChI=1S/C18H12BrCl/c19-18-16(13-7-3-1-4-8-13)11-15(20)12-17(18)14-9-5-2-6-10-14/h1-12H. The minimum absolute atomic E-state index is 0.742. The van der Waals surface area contributed by atoms with Gasteiger partial charge in [0.1, 0.15) is 0 Å². The van der Waals surface area contributed by atoms with Crippen LogP contribution in [0.5, 0.6) is 0 Å². The van der Waals surface area contributed by atoms with Crippen molar-refractivity contribution in [2.24, 2.45) is 0 Å². The van der Waals surface area contributed by atoms with Gasteiger partial charge in [0.25, 0.3) is 0 Å². The van der Waals surface area contributed by atoms with Crippen LogP contribution in [0.2, 0.25) is 5.02 Å². The lowest BCUT2D eigenvalue weighted by atomic mass is 9.99. The first-order valence-corrected chi connectivity index (χ1v) is 7.52. The smallest absolute Gasteiger partial charge is 0.0419 e. The van der Waals surface area contributed by atoms with Crippen LogP contribution in [0.1, 0.15) is 0 Å². The molecule has 0 spiro atoms. The summed E-state index contributed by atoms with van der Waals surface area (Å²) in [6.45, 7) is 0. The fraction of sp³-hybridized carbons (Fsp3) is 0. The molecule has 98 valence electrons. The lowest BCUT2D eigenvalue weighted by Gasteiger charge is -2.12. The molecule has 0 unspecified atom stereocenters. The molecule has 3 aromatic rings. The lowest BCUT2D eigenvalue weighted by Crippen LogP contribution is -1.86. The summed E-state index contributed by atoms with van der Waals surface area (Å²) >= 11 is 10.0. The summed E-state index contributed by atoms with van der Waals surface area (Å²) in [5.74, 6) is 0. The Hall–Kier alpha value is -1.57. The summed E-state index contributed by atoms with van der Waals surface area (Å²) in [5.41, 5.74) is 4.52. The van der Waals surface area contributed by atoms with Gasteiger partial charge in [-0.1, -0.05) is 72.3 Å². The average molecular weight is 344 g/mol. The zero-order valence-corrected chi connectivity index (χ0v) is 13.0. The molecule has 0 fully saturated rings. The zero-order valence-electron chi connectivity index (χ0n) is 10.7. The second kappa shape index (κ2) is 5.82. The Labute approximate surface area is 132 Å². The summed E-state index contributed by atoms with van der Waals surface area (Å²) in [6, 6.07) is 24.5. The molecule has 0 saturated carbocycles. The highest BCUT2D eigenvalue weighted by molar-refractivity contribution is 9.10. The van der Waals surface area contributed by atoms with Crippen LogP contribution >= 0.6 is 27.5 Å². The van der Waals surface area contributed by atoms with Crippen molar-refractivity contribution in [2.75, 3.05) is 0 Å². The van der Waals surface area contributed by atoms with Gasteiger partial charge in [0, 0.05) is 9.50 Å². The van der Waals surface area contributed by atoms with Crippen molar-refractivity contribution in [2.45, 2.75) is 0 Å². The monoisotopic (exact) mass is 342 g/mol. The Balaban J connectivity index is 2.22. The Morgan fingerprint density at radius 1 is 0.650 bits per heavy atom. The highest BCUT2D eigenvalue weighted by atomic mass is 79.9. The molecule has 0 radical (unpaired) electrons. The van der Waals surface area contributed by atoms with Gasteiger partial charge in [0.05, 0.1) is 0 Å². The second-order valence-corrected chi connectivity index (χ2v) is 5.78. The Morgan fingerprint density at radius 3 is 1.45 bits per heavy atom. The Morgan fingerprint density at radius 2 is 1.05 bits per heavy atom. The molecule has 0 atom stereocenters. The highest BCUT2D eigenvalue weighted by Gasteiger charge is 2.11. The van der Waals surface area contributed by atoms with Gasteiger partial charge >= 0.3 is 0 Å². The van der Waals surface area contributed by atoms with Crippen molar-refractivity contribution in [3.05, 3.63) is 82.3 Å². The molecular weight excluding hydrogens is 332 g/mol. The maximum absolute atomic E-state index is 6.30. The van der Waals surface area contributed by atoms with Crippen molar-refractivity contribution in [3.8, 4) is 22.3 Å². The normalized spacial score (nSPS) is 10.5. The number of hydrogen-bond donors (Lipinski definition) is 0. The van der Waals surface area contributed by atoms with E-state index in [1.54, 1.807) is 0 Å². The van der Waals surface area contributed by atoms with Crippen LogP contribution in [0.4, 0.5) is 0 Å². The van der Waals surface area contributed by atoms with Crippen LogP contribution in [-0.4, -0.2) is 0 Å². The van der Waals surface area contributed by atoms with Gasteiger partial charge in [0.2, 0.25) is 0 Å². The first kappa shape index (κ1) is 13.4. The molecule has 0 bridgehead atoms. The molecule has 0 heterocycles. The molecule has 3 aromatic carbocycles. The summed E-state index contributed by atoms with van der Waals surface area (Å²) in [6.07, 6.45) is 0. The van der Waals surface area contributed by atoms with E-state index in [1.807, 2.05) is 48.5 Å². The maximum Gasteiger partial charge on any atom is 0.0419 e. The van der Waals surface area contributed by atoms with Crippen molar-refractivity contribution in [1.82, 2.24) is 0 Å². The van der Waals surface area contributed by atoms with E-state index in [0.717, 1.165) is 31.7 Å². The van der Waals surface area contributed by atoms with Crippen LogP contribution in [-0.2, 0) is 0 Å². The van der Waals surface area contributed by atoms with Crippen LogP contribution in [0, 0.1) is 0 Å². The molecule has 0 aliphatic carbocycles. The third kappa shape index (κ3) is 2.65. The lowest BCUT2D eigenvalue weighted by molar-refractivity contribution is 1.55. The van der Waals surface area contributed by atoms with Crippen molar-refractivity contribution in [1.29, 1.82) is 0 Å². The number of benzene rings is 3. The van der Waals surface area contributed by atoms with Gasteiger partial charge < -0.3 is 0 Å². The van der Waals surface area contributed by atoms with Crippen LogP contribution in [0.25, 0.3) is 22.3 Å². The first-order valence-electron chi connectivity index (χ1n) is 6.35. The topological polar surface area (TPSA) is 0 Å². The average Bonchev–Trinajstić information content (AvgIpc) is 2.51. The Bertz CT molecular complexity index is 660. The van der Waals surface area contributed by atoms with Crippen molar-refractivity contribution >= 4 is 27.5 Å². The van der Waals surface area contributed by atoms with Gasteiger partial charge in [-0.05, 0) is 50.3 Å². The fourth-order valence-corrected chi connectivity index (χ4v) is 3.15. The minimum atomic E-state index is 0.742. The summed E-state index contributed by atoms with van der Waals surface area (Å²) in [4.78, 5) is 0. The predicted molar refractivity (Wildman–Crippen MR) is 90.0 cm³/mol. The molecular formula is C18H12BrCl. The minimum Gasteiger partial charge on any atom is -0.0843 e. The van der Waals surface area contributed by atoms with E-state index >= 15 is 0 Å². The van der Waals surface area contributed by atoms with Crippen LogP contribution in [0.15, 0.2) is 77.3 Å². The summed E-state index contributed by atoms with van der Waals surface area (Å²) < 4.78 is 1.07. The van der Waals surface area contributed by atoms with Crippen molar-refractivity contribution < 1.29 is 0 Å². The van der Waals surface area contributed by atoms with E-state index in [9.17, 15) is 0 Å². The number of halogens is 2. The van der Waals surface area contributed by atoms with Gasteiger partial charge in [-0.25, -0.2) is 0 Å². The van der Waals surface area contributed by atoms with E-state index in [-0.39, 0.29) is 0 Å². The molecule has 3 rings (SSSR count). The molecule has 0 aliphatic heterocycles. The van der Waals surface area contributed by atoms with Gasteiger partial charge in [-0.3, -0.25) is 0 Å². The zero-order chi connectivity index (χ0) is 13.9. The summed E-state index contributed by atoms with van der Waals surface area (Å²) in [7, 11) is 0. The fourth-order valence-electron chi connectivity index (χ4n) is 2.24. The summed E-state index contributed by atoms with van der Waals surface area (Å²) in [5, 5.41) is 0.742. The van der Waals surface area contributed by atoms with E-state index in [2.05, 4.69) is 40.2 Å². The van der Waals surface area contributed by atoms with E-state index in [4.69, 9.17) is 11.6 Å². The number of hydrogen-bond acceptors (Lipinski definition) is 0. The third-order valence-electron chi connectivity index (χ3n) is 3.21. The van der Waals surface area contributed by atoms with Crippen molar-refractivity contribution in [3.63, 3.8) is 0 Å². The Kier molecular flexibility index (Phi) is 3.90. The molecule has 0 amide bonds. The molecule has 0 saturated heterocycles. The molecule has 0 N–H and O–H groups in total. The van der Waals surface area contributed by atoms with Gasteiger partial charge in [-0.15, -0.1) is 0 Å². The molecule has 0 aromatic heterocycles. The third-order valence-corrected chi connectivity index (χ3v) is 4.28. The molecule has 2 heteroatoms. The largest absolute Gasteiger partial charge is 0.0843 e. The van der Waals surface area contributed by atoms with E-state index in [0.29, 0.717) is 0 Å². The molecule has 0 nitrogen and oxygen atoms in total. The molecule has 0 aliphatic rings. The predicted octanol–water partition coefficient (Wildman–Crippen LogP) is 6.44. The highest BCUT2D eigenvalue weighted by Crippen LogP contribution is 2.39. The van der Waals surface area contributed by atoms with Crippen LogP contribution < -0.4 is 0 Å².